The Kier molecular flexibility index (Phi) is 6.39. The summed E-state index contributed by atoms with van der Waals surface area (Å²) in [6.07, 6.45) is 3.29. The first-order chi connectivity index (χ1) is 14.4. The molecule has 0 radical (unpaired) electrons. The molecule has 0 bridgehead atoms. The van der Waals surface area contributed by atoms with E-state index < -0.39 is 15.9 Å². The number of hydrogen-bond donors (Lipinski definition) is 1. The first kappa shape index (κ1) is 21.6. The predicted octanol–water partition coefficient (Wildman–Crippen LogP) is 4.62. The molecule has 30 heavy (non-hydrogen) atoms. The van der Waals surface area contributed by atoms with Gasteiger partial charge >= 0.3 is 0 Å². The summed E-state index contributed by atoms with van der Waals surface area (Å²) in [6, 6.07) is 8.54. The molecular formula is C21H22ClFN2O3S2. The Hall–Kier alpha value is -1.61. The SMILES string of the molecule is O=C(NC1CCSc2ccc(F)cc21)c1ccc(Cl)c(S(=O)(=O)N2CCCCC2)c1. The van der Waals surface area contributed by atoms with Gasteiger partial charge in [0, 0.05) is 29.3 Å². The molecule has 1 unspecified atom stereocenters. The van der Waals surface area contributed by atoms with E-state index in [9.17, 15) is 17.6 Å². The molecule has 0 aliphatic carbocycles. The summed E-state index contributed by atoms with van der Waals surface area (Å²) >= 11 is 7.83. The fourth-order valence-electron chi connectivity index (χ4n) is 3.84. The molecule has 0 aromatic heterocycles. The highest BCUT2D eigenvalue weighted by Gasteiger charge is 2.29. The van der Waals surface area contributed by atoms with Crippen LogP contribution in [-0.4, -0.2) is 37.5 Å². The minimum absolute atomic E-state index is 0.0515. The van der Waals surface area contributed by atoms with Gasteiger partial charge in [0.25, 0.3) is 5.91 Å². The quantitative estimate of drug-likeness (QED) is 0.711. The molecule has 2 aromatic carbocycles. The fraction of sp³-hybridized carbons (Fsp3) is 0.381. The van der Waals surface area contributed by atoms with Crippen LogP contribution < -0.4 is 5.32 Å². The van der Waals surface area contributed by atoms with E-state index in [1.54, 1.807) is 17.8 Å². The fourth-order valence-corrected chi connectivity index (χ4v) is 6.97. The Labute approximate surface area is 185 Å². The normalized spacial score (nSPS) is 19.9. The van der Waals surface area contributed by atoms with E-state index in [1.165, 1.54) is 34.6 Å². The molecule has 0 spiro atoms. The van der Waals surface area contributed by atoms with Crippen molar-refractivity contribution in [3.63, 3.8) is 0 Å². The van der Waals surface area contributed by atoms with E-state index in [-0.39, 0.29) is 27.3 Å². The highest BCUT2D eigenvalue weighted by molar-refractivity contribution is 7.99. The lowest BCUT2D eigenvalue weighted by atomic mass is 10.0. The second-order valence-corrected chi connectivity index (χ2v) is 10.9. The Bertz CT molecular complexity index is 1070. The Balaban J connectivity index is 1.59. The number of rotatable bonds is 4. The van der Waals surface area contributed by atoms with Gasteiger partial charge in [-0.05, 0) is 61.2 Å². The molecule has 1 fully saturated rings. The highest BCUT2D eigenvalue weighted by Crippen LogP contribution is 2.37. The lowest BCUT2D eigenvalue weighted by molar-refractivity contribution is 0.0934. The summed E-state index contributed by atoms with van der Waals surface area (Å²) < 4.78 is 41.2. The maximum atomic E-state index is 13.7. The van der Waals surface area contributed by atoms with Crippen molar-refractivity contribution in [2.75, 3.05) is 18.8 Å². The summed E-state index contributed by atoms with van der Waals surface area (Å²) in [5.74, 6) is 0.0458. The number of thioether (sulfide) groups is 1. The molecule has 2 aliphatic rings. The Morgan fingerprint density at radius 3 is 2.67 bits per heavy atom. The van der Waals surface area contributed by atoms with Crippen molar-refractivity contribution in [1.29, 1.82) is 0 Å². The standard InChI is InChI=1S/C21H22ClFN2O3S2/c22-17-6-4-14(12-20(17)30(27,28)25-9-2-1-3-10-25)21(26)24-18-8-11-29-19-7-5-15(23)13-16(18)19/h4-7,12-13,18H,1-3,8-11H2,(H,24,26). The van der Waals surface area contributed by atoms with Gasteiger partial charge in [-0.1, -0.05) is 18.0 Å². The van der Waals surface area contributed by atoms with Crippen LogP contribution in [0.25, 0.3) is 0 Å². The van der Waals surface area contributed by atoms with Gasteiger partial charge in [0.05, 0.1) is 11.1 Å². The summed E-state index contributed by atoms with van der Waals surface area (Å²) in [4.78, 5) is 13.8. The number of benzene rings is 2. The molecule has 1 atom stereocenters. The number of sulfonamides is 1. The molecule has 1 saturated heterocycles. The van der Waals surface area contributed by atoms with Gasteiger partial charge in [-0.3, -0.25) is 4.79 Å². The highest BCUT2D eigenvalue weighted by atomic mass is 35.5. The summed E-state index contributed by atoms with van der Waals surface area (Å²) in [5, 5.41) is 3.02. The predicted molar refractivity (Wildman–Crippen MR) is 116 cm³/mol. The van der Waals surface area contributed by atoms with E-state index in [0.717, 1.165) is 35.5 Å². The molecule has 2 aliphatic heterocycles. The maximum Gasteiger partial charge on any atom is 0.251 e. The minimum atomic E-state index is -3.77. The monoisotopic (exact) mass is 468 g/mol. The summed E-state index contributed by atoms with van der Waals surface area (Å²) in [7, 11) is -3.77. The van der Waals surface area contributed by atoms with Crippen molar-refractivity contribution < 1.29 is 17.6 Å². The molecule has 1 N–H and O–H groups in total. The number of hydrogen-bond acceptors (Lipinski definition) is 4. The van der Waals surface area contributed by atoms with E-state index in [1.807, 2.05) is 0 Å². The van der Waals surface area contributed by atoms with E-state index in [2.05, 4.69) is 5.32 Å². The number of amides is 1. The van der Waals surface area contributed by atoms with Gasteiger partial charge in [-0.25, -0.2) is 12.8 Å². The zero-order valence-electron chi connectivity index (χ0n) is 16.2. The van der Waals surface area contributed by atoms with E-state index in [4.69, 9.17) is 11.6 Å². The number of nitrogens with one attached hydrogen (secondary N) is 1. The van der Waals surface area contributed by atoms with Gasteiger partial charge in [-0.2, -0.15) is 4.31 Å². The second-order valence-electron chi connectivity index (χ2n) is 7.46. The Morgan fingerprint density at radius 2 is 1.90 bits per heavy atom. The van der Waals surface area contributed by atoms with Crippen molar-refractivity contribution in [1.82, 2.24) is 9.62 Å². The second kappa shape index (κ2) is 8.86. The number of halogens is 2. The van der Waals surface area contributed by atoms with Crippen molar-refractivity contribution >= 4 is 39.3 Å². The molecule has 0 saturated carbocycles. The molecular weight excluding hydrogens is 447 g/mol. The van der Waals surface area contributed by atoms with E-state index in [0.29, 0.717) is 19.5 Å². The van der Waals surface area contributed by atoms with Crippen molar-refractivity contribution in [3.8, 4) is 0 Å². The number of nitrogens with zero attached hydrogens (tertiary/aromatic N) is 1. The van der Waals surface area contributed by atoms with Crippen LogP contribution in [-0.2, 0) is 10.0 Å². The molecule has 9 heteroatoms. The molecule has 2 heterocycles. The number of carbonyl (C=O) groups is 1. The van der Waals surface area contributed by atoms with Crippen LogP contribution in [0.2, 0.25) is 5.02 Å². The lowest BCUT2D eigenvalue weighted by Gasteiger charge is -2.27. The first-order valence-electron chi connectivity index (χ1n) is 9.89. The minimum Gasteiger partial charge on any atom is -0.345 e. The molecule has 160 valence electrons. The van der Waals surface area contributed by atoms with Gasteiger partial charge in [-0.15, -0.1) is 11.8 Å². The van der Waals surface area contributed by atoms with Crippen LogP contribution in [0.4, 0.5) is 4.39 Å². The Morgan fingerprint density at radius 1 is 1.13 bits per heavy atom. The van der Waals surface area contributed by atoms with Crippen LogP contribution >= 0.6 is 23.4 Å². The van der Waals surface area contributed by atoms with Crippen molar-refractivity contribution in [2.45, 2.75) is 41.5 Å². The zero-order chi connectivity index (χ0) is 21.3. The van der Waals surface area contributed by atoms with Gasteiger partial charge in [0.1, 0.15) is 10.7 Å². The third-order valence-electron chi connectivity index (χ3n) is 5.44. The lowest BCUT2D eigenvalue weighted by Crippen LogP contribution is -2.36. The van der Waals surface area contributed by atoms with E-state index >= 15 is 0 Å². The van der Waals surface area contributed by atoms with Crippen LogP contribution in [0, 0.1) is 5.82 Å². The molecule has 1 amide bonds. The topological polar surface area (TPSA) is 66.5 Å². The van der Waals surface area contributed by atoms with Crippen LogP contribution in [0.5, 0.6) is 0 Å². The maximum absolute atomic E-state index is 13.7. The average molecular weight is 469 g/mol. The number of fused-ring (bicyclic) bond motifs is 1. The number of carbonyl (C=O) groups excluding carboxylic acids is 1. The largest absolute Gasteiger partial charge is 0.345 e. The van der Waals surface area contributed by atoms with Crippen LogP contribution in [0.3, 0.4) is 0 Å². The number of piperidine rings is 1. The third-order valence-corrected chi connectivity index (χ3v) is 8.95. The van der Waals surface area contributed by atoms with Crippen LogP contribution in [0.1, 0.15) is 47.6 Å². The smallest absolute Gasteiger partial charge is 0.251 e. The summed E-state index contributed by atoms with van der Waals surface area (Å²) in [5.41, 5.74) is 0.959. The van der Waals surface area contributed by atoms with Crippen LogP contribution in [0.15, 0.2) is 46.2 Å². The summed E-state index contributed by atoms with van der Waals surface area (Å²) in [6.45, 7) is 0.911. The van der Waals surface area contributed by atoms with Crippen molar-refractivity contribution in [2.24, 2.45) is 0 Å². The zero-order valence-corrected chi connectivity index (χ0v) is 18.6. The first-order valence-corrected chi connectivity index (χ1v) is 12.7. The third kappa shape index (κ3) is 4.37. The van der Waals surface area contributed by atoms with Crippen molar-refractivity contribution in [3.05, 3.63) is 58.4 Å². The average Bonchev–Trinajstić information content (AvgIpc) is 2.75. The van der Waals surface area contributed by atoms with Gasteiger partial charge < -0.3 is 5.32 Å². The van der Waals surface area contributed by atoms with Gasteiger partial charge in [0.15, 0.2) is 0 Å². The molecule has 4 rings (SSSR count). The molecule has 5 nitrogen and oxygen atoms in total. The molecule has 2 aromatic rings. The van der Waals surface area contributed by atoms with Gasteiger partial charge in [0.2, 0.25) is 10.0 Å².